The van der Waals surface area contributed by atoms with Gasteiger partial charge in [0.15, 0.2) is 0 Å². The topological polar surface area (TPSA) is 122 Å². The van der Waals surface area contributed by atoms with E-state index < -0.39 is 12.0 Å². The predicted octanol–water partition coefficient (Wildman–Crippen LogP) is 2.57. The van der Waals surface area contributed by atoms with Gasteiger partial charge in [0.25, 0.3) is 0 Å². The van der Waals surface area contributed by atoms with Gasteiger partial charge < -0.3 is 15.7 Å². The van der Waals surface area contributed by atoms with Gasteiger partial charge in [-0.05, 0) is 53.5 Å². The lowest BCUT2D eigenvalue weighted by atomic mass is 10.0. The van der Waals surface area contributed by atoms with Crippen LogP contribution < -0.4 is 10.6 Å². The molecule has 150 valence electrons. The van der Waals surface area contributed by atoms with E-state index in [1.807, 2.05) is 43.3 Å². The van der Waals surface area contributed by atoms with Crippen LogP contribution in [0.4, 0.5) is 10.5 Å². The van der Waals surface area contributed by atoms with Crippen LogP contribution in [0.2, 0.25) is 0 Å². The first-order valence-electron chi connectivity index (χ1n) is 9.18. The van der Waals surface area contributed by atoms with Crippen LogP contribution in [-0.2, 0) is 11.2 Å². The molecule has 0 fully saturated rings. The number of aromatic nitrogens is 4. The highest BCUT2D eigenvalue weighted by molar-refractivity contribution is 5.90. The van der Waals surface area contributed by atoms with E-state index in [2.05, 4.69) is 26.2 Å². The Bertz CT molecular complexity index is 960. The number of carbonyl (C=O) groups excluding carboxylic acids is 1. The van der Waals surface area contributed by atoms with Crippen molar-refractivity contribution in [2.75, 3.05) is 5.32 Å². The molecule has 1 heterocycles. The lowest BCUT2D eigenvalue weighted by Crippen LogP contribution is -2.39. The molecule has 1 unspecified atom stereocenters. The van der Waals surface area contributed by atoms with Crippen LogP contribution >= 0.6 is 0 Å². The monoisotopic (exact) mass is 394 g/mol. The van der Waals surface area contributed by atoms with Gasteiger partial charge in [-0.1, -0.05) is 36.4 Å². The number of aryl methyl sites for hydroxylation is 1. The van der Waals surface area contributed by atoms with Crippen LogP contribution in [0.1, 0.15) is 24.0 Å². The number of hydrogen-bond acceptors (Lipinski definition) is 5. The summed E-state index contributed by atoms with van der Waals surface area (Å²) in [7, 11) is 0. The van der Waals surface area contributed by atoms with E-state index in [4.69, 9.17) is 5.11 Å². The molecule has 2 aromatic carbocycles. The molecule has 2 amide bonds. The lowest BCUT2D eigenvalue weighted by Gasteiger charge is -2.19. The molecule has 0 radical (unpaired) electrons. The van der Waals surface area contributed by atoms with Crippen molar-refractivity contribution in [2.45, 2.75) is 32.2 Å². The highest BCUT2D eigenvalue weighted by atomic mass is 16.4. The molecular weight excluding hydrogens is 372 g/mol. The molecule has 9 nitrogen and oxygen atoms in total. The summed E-state index contributed by atoms with van der Waals surface area (Å²) in [5, 5.41) is 25.8. The molecule has 3 aromatic rings. The van der Waals surface area contributed by atoms with Crippen molar-refractivity contribution in [3.8, 4) is 5.69 Å². The Morgan fingerprint density at radius 2 is 1.97 bits per heavy atom. The van der Waals surface area contributed by atoms with Crippen molar-refractivity contribution in [3.63, 3.8) is 0 Å². The predicted molar refractivity (Wildman–Crippen MR) is 107 cm³/mol. The summed E-state index contributed by atoms with van der Waals surface area (Å²) in [6.07, 6.45) is 2.34. The Hall–Kier alpha value is -3.75. The second-order valence-corrected chi connectivity index (χ2v) is 6.67. The molecule has 1 aromatic heterocycles. The van der Waals surface area contributed by atoms with E-state index in [1.54, 1.807) is 12.1 Å². The maximum Gasteiger partial charge on any atom is 0.319 e. The number of nitrogens with one attached hydrogen (secondary N) is 2. The van der Waals surface area contributed by atoms with Gasteiger partial charge in [-0.2, -0.15) is 0 Å². The van der Waals surface area contributed by atoms with Gasteiger partial charge in [0.2, 0.25) is 0 Å². The van der Waals surface area contributed by atoms with Gasteiger partial charge in [-0.3, -0.25) is 4.79 Å². The summed E-state index contributed by atoms with van der Waals surface area (Å²) >= 11 is 0. The van der Waals surface area contributed by atoms with Gasteiger partial charge in [-0.25, -0.2) is 9.48 Å². The molecule has 0 aliphatic heterocycles. The zero-order valence-corrected chi connectivity index (χ0v) is 15.9. The average molecular weight is 394 g/mol. The summed E-state index contributed by atoms with van der Waals surface area (Å²) in [4.78, 5) is 23.5. The minimum Gasteiger partial charge on any atom is -0.481 e. The molecule has 0 aliphatic carbocycles. The number of aliphatic carboxylic acids is 1. The van der Waals surface area contributed by atoms with E-state index in [9.17, 15) is 9.59 Å². The van der Waals surface area contributed by atoms with E-state index >= 15 is 0 Å². The highest BCUT2D eigenvalue weighted by Gasteiger charge is 2.15. The fourth-order valence-electron chi connectivity index (χ4n) is 2.98. The number of carboxylic acids is 1. The lowest BCUT2D eigenvalue weighted by molar-refractivity contribution is -0.137. The third-order valence-electron chi connectivity index (χ3n) is 4.43. The minimum absolute atomic E-state index is 0.0221. The zero-order chi connectivity index (χ0) is 20.6. The second-order valence-electron chi connectivity index (χ2n) is 6.67. The first kappa shape index (κ1) is 20.0. The minimum atomic E-state index is -0.894. The number of tetrazole rings is 1. The van der Waals surface area contributed by atoms with Crippen LogP contribution in [-0.4, -0.2) is 43.4 Å². The van der Waals surface area contributed by atoms with Crippen LogP contribution in [0, 0.1) is 6.92 Å². The van der Waals surface area contributed by atoms with E-state index in [-0.39, 0.29) is 12.5 Å². The van der Waals surface area contributed by atoms with Gasteiger partial charge >= 0.3 is 12.0 Å². The van der Waals surface area contributed by atoms with Gasteiger partial charge in [0.1, 0.15) is 6.33 Å². The first-order chi connectivity index (χ1) is 14.0. The Balaban J connectivity index is 1.67. The van der Waals surface area contributed by atoms with Crippen molar-refractivity contribution in [1.82, 2.24) is 25.5 Å². The number of amides is 2. The van der Waals surface area contributed by atoms with Gasteiger partial charge in [-0.15, -0.1) is 5.10 Å². The van der Waals surface area contributed by atoms with Crippen molar-refractivity contribution >= 4 is 17.7 Å². The summed E-state index contributed by atoms with van der Waals surface area (Å²) in [5.41, 5.74) is 3.31. The number of nitrogens with zero attached hydrogens (tertiary/aromatic N) is 4. The zero-order valence-electron chi connectivity index (χ0n) is 15.9. The number of rotatable bonds is 8. The van der Waals surface area contributed by atoms with Crippen LogP contribution in [0.3, 0.4) is 0 Å². The number of carbonyl (C=O) groups is 2. The largest absolute Gasteiger partial charge is 0.481 e. The summed E-state index contributed by atoms with van der Waals surface area (Å²) < 4.78 is 1.52. The maximum absolute atomic E-state index is 12.5. The second kappa shape index (κ2) is 9.45. The van der Waals surface area contributed by atoms with Crippen molar-refractivity contribution < 1.29 is 14.7 Å². The molecule has 3 rings (SSSR count). The van der Waals surface area contributed by atoms with E-state index in [0.717, 1.165) is 16.8 Å². The van der Waals surface area contributed by atoms with Crippen LogP contribution in [0.25, 0.3) is 5.69 Å². The number of hydrogen-bond donors (Lipinski definition) is 3. The normalized spacial score (nSPS) is 11.6. The van der Waals surface area contributed by atoms with Crippen LogP contribution in [0.5, 0.6) is 0 Å². The molecule has 1 atom stereocenters. The molecule has 0 saturated heterocycles. The molecule has 0 saturated carbocycles. The van der Waals surface area contributed by atoms with Gasteiger partial charge in [0.05, 0.1) is 5.69 Å². The molecule has 29 heavy (non-hydrogen) atoms. The fraction of sp³-hybridized carbons (Fsp3) is 0.250. The third-order valence-corrected chi connectivity index (χ3v) is 4.43. The average Bonchev–Trinajstić information content (AvgIpc) is 3.23. The SMILES string of the molecule is Cc1ccc(NC(=O)NC(CCC(=O)O)Cc2ccccc2)cc1-n1cnnn1. The number of urea groups is 1. The molecule has 9 heteroatoms. The molecule has 0 bridgehead atoms. The van der Waals surface area contributed by atoms with Crippen molar-refractivity contribution in [1.29, 1.82) is 0 Å². The Kier molecular flexibility index (Phi) is 6.51. The molecular formula is C20H22N6O3. The number of anilines is 1. The summed E-state index contributed by atoms with van der Waals surface area (Å²) in [5.74, 6) is -0.894. The van der Waals surface area contributed by atoms with Gasteiger partial charge in [0, 0.05) is 18.2 Å². The van der Waals surface area contributed by atoms with E-state index in [0.29, 0.717) is 18.5 Å². The Morgan fingerprint density at radius 3 is 2.66 bits per heavy atom. The fourth-order valence-corrected chi connectivity index (χ4v) is 2.98. The van der Waals surface area contributed by atoms with E-state index in [1.165, 1.54) is 11.0 Å². The number of carboxylic acid groups (broad SMARTS) is 1. The summed E-state index contributed by atoms with van der Waals surface area (Å²) in [6.45, 7) is 1.92. The molecule has 0 aliphatic rings. The highest BCUT2D eigenvalue weighted by Crippen LogP contribution is 2.18. The summed E-state index contributed by atoms with van der Waals surface area (Å²) in [6, 6.07) is 14.3. The number of benzene rings is 2. The Labute approximate surface area is 167 Å². The molecule has 3 N–H and O–H groups in total. The van der Waals surface area contributed by atoms with Crippen LogP contribution in [0.15, 0.2) is 54.9 Å². The standard InChI is InChI=1S/C20H22N6O3/c1-14-7-8-17(12-18(14)26-13-21-24-25-26)23-20(29)22-16(9-10-19(27)28)11-15-5-3-2-4-6-15/h2-8,12-13,16H,9-11H2,1H3,(H,27,28)(H2,22,23,29). The Morgan fingerprint density at radius 1 is 1.17 bits per heavy atom. The third kappa shape index (κ3) is 5.86. The quantitative estimate of drug-likeness (QED) is 0.540. The maximum atomic E-state index is 12.5. The molecule has 0 spiro atoms. The van der Waals surface area contributed by atoms with Crippen molar-refractivity contribution in [2.24, 2.45) is 0 Å². The smallest absolute Gasteiger partial charge is 0.319 e. The first-order valence-corrected chi connectivity index (χ1v) is 9.18. The van der Waals surface area contributed by atoms with Crippen molar-refractivity contribution in [3.05, 3.63) is 66.0 Å².